The van der Waals surface area contributed by atoms with Crippen molar-refractivity contribution in [3.8, 4) is 0 Å². The van der Waals surface area contributed by atoms with Crippen molar-refractivity contribution in [2.24, 2.45) is 5.92 Å². The Morgan fingerprint density at radius 2 is 2.10 bits per heavy atom. The quantitative estimate of drug-likeness (QED) is 0.791. The van der Waals surface area contributed by atoms with E-state index in [-0.39, 0.29) is 17.4 Å². The van der Waals surface area contributed by atoms with Crippen molar-refractivity contribution >= 4 is 23.8 Å². The van der Waals surface area contributed by atoms with Gasteiger partial charge in [0, 0.05) is 11.8 Å². The van der Waals surface area contributed by atoms with Crippen LogP contribution in [0.1, 0.15) is 46.0 Å². The average molecular weight is 300 g/mol. The molecule has 0 aromatic rings. The van der Waals surface area contributed by atoms with Crippen molar-refractivity contribution in [1.29, 1.82) is 0 Å². The number of nitrogens with one attached hydrogen (secondary N) is 1. The third kappa shape index (κ3) is 3.40. The summed E-state index contributed by atoms with van der Waals surface area (Å²) in [5.41, 5.74) is 0. The summed E-state index contributed by atoms with van der Waals surface area (Å²) in [7, 11) is 0. The van der Waals surface area contributed by atoms with Gasteiger partial charge in [0.1, 0.15) is 6.04 Å². The Bertz CT molecular complexity index is 373. The van der Waals surface area contributed by atoms with Crippen LogP contribution in [0.4, 0.5) is 4.79 Å². The number of carbonyl (C=O) groups is 2. The summed E-state index contributed by atoms with van der Waals surface area (Å²) in [6.45, 7) is 4.14. The molecule has 0 bridgehead atoms. The Labute approximate surface area is 124 Å². The highest BCUT2D eigenvalue weighted by Gasteiger charge is 2.48. The minimum atomic E-state index is -0.890. The molecule has 3 atom stereocenters. The van der Waals surface area contributed by atoms with Crippen LogP contribution < -0.4 is 5.32 Å². The van der Waals surface area contributed by atoms with Gasteiger partial charge in [-0.3, -0.25) is 4.90 Å². The molecule has 0 radical (unpaired) electrons. The lowest BCUT2D eigenvalue weighted by atomic mass is 10.1. The van der Waals surface area contributed by atoms with Crippen LogP contribution in [0, 0.1) is 5.92 Å². The fourth-order valence-electron chi connectivity index (χ4n) is 2.70. The van der Waals surface area contributed by atoms with Gasteiger partial charge in [0.25, 0.3) is 0 Å². The smallest absolute Gasteiger partial charge is 0.327 e. The Morgan fingerprint density at radius 3 is 2.60 bits per heavy atom. The van der Waals surface area contributed by atoms with E-state index in [1.54, 1.807) is 16.7 Å². The summed E-state index contributed by atoms with van der Waals surface area (Å²) in [4.78, 5) is 25.4. The van der Waals surface area contributed by atoms with Crippen molar-refractivity contribution < 1.29 is 14.7 Å². The maximum atomic E-state index is 12.5. The number of carbonyl (C=O) groups excluding carboxylic acids is 1. The number of carboxylic acid groups (broad SMARTS) is 1. The normalized spacial score (nSPS) is 27.4. The lowest BCUT2D eigenvalue weighted by Gasteiger charge is -2.29. The molecule has 1 aliphatic heterocycles. The minimum absolute atomic E-state index is 0.0511. The third-order valence-corrected chi connectivity index (χ3v) is 5.50. The summed E-state index contributed by atoms with van der Waals surface area (Å²) in [5, 5.41) is 12.4. The van der Waals surface area contributed by atoms with Gasteiger partial charge < -0.3 is 10.4 Å². The van der Waals surface area contributed by atoms with Gasteiger partial charge in [-0.1, -0.05) is 20.3 Å². The number of nitrogens with zero attached hydrogens (tertiary/aromatic N) is 1. The van der Waals surface area contributed by atoms with E-state index in [4.69, 9.17) is 0 Å². The second kappa shape index (κ2) is 6.70. The van der Waals surface area contributed by atoms with E-state index in [1.165, 1.54) is 0 Å². The highest BCUT2D eigenvalue weighted by atomic mass is 32.2. The number of amides is 2. The summed E-state index contributed by atoms with van der Waals surface area (Å²) in [6, 6.07) is -0.725. The number of hydrogen-bond donors (Lipinski definition) is 2. The molecule has 6 heteroatoms. The van der Waals surface area contributed by atoms with Crippen molar-refractivity contribution in [2.75, 3.05) is 5.75 Å². The number of urea groups is 1. The summed E-state index contributed by atoms with van der Waals surface area (Å²) < 4.78 is 0. The molecular formula is C14H24N2O3S. The van der Waals surface area contributed by atoms with Gasteiger partial charge in [0.15, 0.2) is 0 Å². The second-order valence-corrected chi connectivity index (χ2v) is 6.82. The molecule has 1 saturated heterocycles. The van der Waals surface area contributed by atoms with Crippen LogP contribution in [0.2, 0.25) is 0 Å². The molecule has 3 unspecified atom stereocenters. The van der Waals surface area contributed by atoms with E-state index < -0.39 is 12.0 Å². The molecular weight excluding hydrogens is 276 g/mol. The van der Waals surface area contributed by atoms with Crippen LogP contribution in [0.3, 0.4) is 0 Å². The van der Waals surface area contributed by atoms with Gasteiger partial charge in [0.05, 0.1) is 5.37 Å². The fourth-order valence-corrected chi connectivity index (χ4v) is 4.33. The molecule has 0 aromatic heterocycles. The minimum Gasteiger partial charge on any atom is -0.480 e. The number of rotatable bonds is 6. The van der Waals surface area contributed by atoms with Crippen LogP contribution in [-0.2, 0) is 4.79 Å². The molecule has 114 valence electrons. The van der Waals surface area contributed by atoms with Gasteiger partial charge in [-0.25, -0.2) is 9.59 Å². The highest BCUT2D eigenvalue weighted by molar-refractivity contribution is 8.00. The maximum Gasteiger partial charge on any atom is 0.327 e. The van der Waals surface area contributed by atoms with Crippen LogP contribution in [0.15, 0.2) is 0 Å². The lowest BCUT2D eigenvalue weighted by Crippen LogP contribution is -2.52. The van der Waals surface area contributed by atoms with Gasteiger partial charge in [-0.05, 0) is 31.6 Å². The predicted octanol–water partition coefficient (Wildman–Crippen LogP) is 2.51. The summed E-state index contributed by atoms with van der Waals surface area (Å²) in [5.74, 6) is 0.106. The number of aliphatic carboxylic acids is 1. The number of hydrogen-bond acceptors (Lipinski definition) is 3. The zero-order valence-corrected chi connectivity index (χ0v) is 13.0. The third-order valence-electron chi connectivity index (χ3n) is 4.04. The number of carboxylic acids is 1. The van der Waals surface area contributed by atoms with Crippen LogP contribution >= 0.6 is 11.8 Å². The van der Waals surface area contributed by atoms with Crippen molar-refractivity contribution in [3.05, 3.63) is 0 Å². The largest absolute Gasteiger partial charge is 0.480 e. The fraction of sp³-hybridized carbons (Fsp3) is 0.857. The molecule has 2 amide bonds. The summed E-state index contributed by atoms with van der Waals surface area (Å²) in [6.07, 6.45) is 5.06. The molecule has 20 heavy (non-hydrogen) atoms. The maximum absolute atomic E-state index is 12.5. The zero-order chi connectivity index (χ0) is 14.7. The standard InChI is InChI=1S/C14H24N2O3S/c1-3-5-10(4-2)15-14(19)16-11(13(17)18)8-20-12(16)9-6-7-9/h9-12H,3-8H2,1-2H3,(H,15,19)(H,17,18). The Hall–Kier alpha value is -0.910. The van der Waals surface area contributed by atoms with Crippen LogP contribution in [0.25, 0.3) is 0 Å². The first-order valence-corrected chi connectivity index (χ1v) is 8.56. The van der Waals surface area contributed by atoms with Gasteiger partial charge >= 0.3 is 12.0 Å². The van der Waals surface area contributed by atoms with E-state index in [0.29, 0.717) is 11.7 Å². The first-order chi connectivity index (χ1) is 9.58. The van der Waals surface area contributed by atoms with Gasteiger partial charge in [-0.15, -0.1) is 11.8 Å². The lowest BCUT2D eigenvalue weighted by molar-refractivity contribution is -0.141. The second-order valence-electron chi connectivity index (χ2n) is 5.67. The van der Waals surface area contributed by atoms with E-state index >= 15 is 0 Å². The predicted molar refractivity (Wildman–Crippen MR) is 79.8 cm³/mol. The van der Waals surface area contributed by atoms with E-state index in [2.05, 4.69) is 12.2 Å². The molecule has 5 nitrogen and oxygen atoms in total. The van der Waals surface area contributed by atoms with E-state index in [1.807, 2.05) is 6.92 Å². The molecule has 2 N–H and O–H groups in total. The summed E-state index contributed by atoms with van der Waals surface area (Å²) >= 11 is 1.62. The number of thioether (sulfide) groups is 1. The molecule has 0 aromatic carbocycles. The molecule has 0 spiro atoms. The van der Waals surface area contributed by atoms with Gasteiger partial charge in [-0.2, -0.15) is 0 Å². The van der Waals surface area contributed by atoms with E-state index in [0.717, 1.165) is 32.1 Å². The highest BCUT2D eigenvalue weighted by Crippen LogP contribution is 2.45. The monoisotopic (exact) mass is 300 g/mol. The molecule has 2 rings (SSSR count). The molecule has 2 fully saturated rings. The Kier molecular flexibility index (Phi) is 5.18. The van der Waals surface area contributed by atoms with E-state index in [9.17, 15) is 14.7 Å². The molecule has 1 saturated carbocycles. The molecule has 2 aliphatic rings. The van der Waals surface area contributed by atoms with Crippen LogP contribution in [0.5, 0.6) is 0 Å². The Morgan fingerprint density at radius 1 is 1.40 bits per heavy atom. The average Bonchev–Trinajstić information content (AvgIpc) is 3.16. The molecule has 1 aliphatic carbocycles. The first kappa shape index (κ1) is 15.5. The topological polar surface area (TPSA) is 69.6 Å². The Balaban J connectivity index is 2.04. The van der Waals surface area contributed by atoms with Crippen molar-refractivity contribution in [1.82, 2.24) is 10.2 Å². The first-order valence-electron chi connectivity index (χ1n) is 7.51. The van der Waals surface area contributed by atoms with Crippen molar-refractivity contribution in [2.45, 2.75) is 63.4 Å². The zero-order valence-electron chi connectivity index (χ0n) is 12.2. The van der Waals surface area contributed by atoms with Gasteiger partial charge in [0.2, 0.25) is 0 Å². The molecule has 1 heterocycles. The van der Waals surface area contributed by atoms with Crippen LogP contribution in [-0.4, -0.2) is 45.2 Å². The SMILES string of the molecule is CCCC(CC)NC(=O)N1C(C(=O)O)CSC1C1CC1. The van der Waals surface area contributed by atoms with Crippen molar-refractivity contribution in [3.63, 3.8) is 0 Å².